The highest BCUT2D eigenvalue weighted by molar-refractivity contribution is 7.18. The first-order chi connectivity index (χ1) is 9.73. The summed E-state index contributed by atoms with van der Waals surface area (Å²) in [5.41, 5.74) is 5.75. The lowest BCUT2D eigenvalue weighted by molar-refractivity contribution is 0.0942. The maximum Gasteiger partial charge on any atom is 0.265 e. The summed E-state index contributed by atoms with van der Waals surface area (Å²) in [5.74, 6) is 0.168. The lowest BCUT2D eigenvalue weighted by Crippen LogP contribution is -2.32. The number of nitrogens with zero attached hydrogens (tertiary/aromatic N) is 1. The predicted molar refractivity (Wildman–Crippen MR) is 91.0 cm³/mol. The van der Waals surface area contributed by atoms with E-state index in [0.717, 1.165) is 12.8 Å². The first kappa shape index (κ1) is 17.8. The molecule has 0 aliphatic rings. The van der Waals surface area contributed by atoms with Crippen molar-refractivity contribution in [1.82, 2.24) is 10.3 Å². The average Bonchev–Trinajstić information content (AvgIpc) is 2.68. The van der Waals surface area contributed by atoms with Crippen LogP contribution in [0.15, 0.2) is 0 Å². The van der Waals surface area contributed by atoms with Crippen molar-refractivity contribution in [2.75, 3.05) is 11.1 Å². The Bertz CT molecular complexity index is 465. The van der Waals surface area contributed by atoms with Crippen molar-refractivity contribution in [3.05, 3.63) is 4.88 Å². The summed E-state index contributed by atoms with van der Waals surface area (Å²) >= 11 is 1.31. The van der Waals surface area contributed by atoms with Crippen molar-refractivity contribution in [1.29, 1.82) is 0 Å². The zero-order valence-electron chi connectivity index (χ0n) is 13.7. The van der Waals surface area contributed by atoms with Gasteiger partial charge in [0.1, 0.15) is 10.7 Å². The molecule has 1 heterocycles. The van der Waals surface area contributed by atoms with Crippen LogP contribution in [0.25, 0.3) is 0 Å². The highest BCUT2D eigenvalue weighted by Crippen LogP contribution is 2.27. The molecule has 1 aromatic heterocycles. The summed E-state index contributed by atoms with van der Waals surface area (Å²) in [5, 5.41) is 6.92. The van der Waals surface area contributed by atoms with E-state index in [9.17, 15) is 4.79 Å². The molecule has 1 amide bonds. The van der Waals surface area contributed by atoms with Crippen molar-refractivity contribution in [2.45, 2.75) is 71.9 Å². The van der Waals surface area contributed by atoms with E-state index < -0.39 is 0 Å². The molecule has 0 radical (unpaired) electrons. The fourth-order valence-corrected chi connectivity index (χ4v) is 2.93. The Morgan fingerprint density at radius 3 is 2.62 bits per heavy atom. The van der Waals surface area contributed by atoms with Crippen LogP contribution in [0.5, 0.6) is 0 Å². The minimum absolute atomic E-state index is 0.106. The minimum atomic E-state index is -0.129. The van der Waals surface area contributed by atoms with Gasteiger partial charge < -0.3 is 16.4 Å². The van der Waals surface area contributed by atoms with E-state index in [-0.39, 0.29) is 17.5 Å². The van der Waals surface area contributed by atoms with E-state index in [2.05, 4.69) is 22.5 Å². The maximum atomic E-state index is 12.2. The van der Waals surface area contributed by atoms with Crippen molar-refractivity contribution in [2.24, 2.45) is 0 Å². The molecule has 0 aliphatic heterocycles. The fraction of sp³-hybridized carbons (Fsp3) is 0.733. The molecule has 1 rings (SSSR count). The number of carbonyl (C=O) groups is 1. The molecule has 0 bridgehead atoms. The molecule has 0 saturated carbocycles. The van der Waals surface area contributed by atoms with Gasteiger partial charge in [0, 0.05) is 11.6 Å². The number of nitrogen functional groups attached to an aromatic ring is 1. The summed E-state index contributed by atoms with van der Waals surface area (Å²) in [6.07, 6.45) is 4.51. The highest BCUT2D eigenvalue weighted by atomic mass is 32.1. The maximum absolute atomic E-state index is 12.2. The van der Waals surface area contributed by atoms with Gasteiger partial charge in [-0.3, -0.25) is 4.79 Å². The smallest absolute Gasteiger partial charge is 0.265 e. The van der Waals surface area contributed by atoms with Crippen molar-refractivity contribution in [3.63, 3.8) is 0 Å². The Labute approximate surface area is 131 Å². The molecule has 21 heavy (non-hydrogen) atoms. The van der Waals surface area contributed by atoms with E-state index in [1.807, 2.05) is 27.7 Å². The number of unbranched alkanes of at least 4 members (excludes halogenated alkanes) is 2. The van der Waals surface area contributed by atoms with E-state index >= 15 is 0 Å². The SMILES string of the molecule is CCCCCC(C)NC(=O)c1sc(NC(C)(C)C)nc1N. The average molecular weight is 312 g/mol. The Kier molecular flexibility index (Phi) is 6.45. The van der Waals surface area contributed by atoms with Gasteiger partial charge >= 0.3 is 0 Å². The number of hydrogen-bond acceptors (Lipinski definition) is 5. The first-order valence-electron chi connectivity index (χ1n) is 7.58. The standard InChI is InChI=1S/C15H28N4OS/c1-6-7-8-9-10(2)17-13(20)11-12(16)18-14(21-11)19-15(3,4)5/h10H,6-9,16H2,1-5H3,(H,17,20)(H,18,19). The molecular weight excluding hydrogens is 284 g/mol. The molecular formula is C15H28N4OS. The van der Waals surface area contributed by atoms with Crippen LogP contribution in [0.4, 0.5) is 10.9 Å². The molecule has 1 atom stereocenters. The van der Waals surface area contributed by atoms with Gasteiger partial charge in [-0.15, -0.1) is 0 Å². The van der Waals surface area contributed by atoms with E-state index in [4.69, 9.17) is 5.73 Å². The van der Waals surface area contributed by atoms with Crippen LogP contribution in [-0.4, -0.2) is 22.5 Å². The Morgan fingerprint density at radius 1 is 1.38 bits per heavy atom. The normalized spacial score (nSPS) is 13.0. The summed E-state index contributed by atoms with van der Waals surface area (Å²) in [7, 11) is 0. The number of rotatable bonds is 7. The summed E-state index contributed by atoms with van der Waals surface area (Å²) < 4.78 is 0. The van der Waals surface area contributed by atoms with Gasteiger partial charge in [-0.05, 0) is 34.1 Å². The molecule has 0 fully saturated rings. The summed E-state index contributed by atoms with van der Waals surface area (Å²) in [6, 6.07) is 0.157. The van der Waals surface area contributed by atoms with Gasteiger partial charge in [-0.2, -0.15) is 0 Å². The van der Waals surface area contributed by atoms with Crippen LogP contribution in [0.2, 0.25) is 0 Å². The summed E-state index contributed by atoms with van der Waals surface area (Å²) in [4.78, 5) is 17.0. The van der Waals surface area contributed by atoms with Gasteiger partial charge in [0.2, 0.25) is 0 Å². The molecule has 5 nitrogen and oxygen atoms in total. The van der Waals surface area contributed by atoms with Gasteiger partial charge in [0.15, 0.2) is 5.13 Å². The van der Waals surface area contributed by atoms with Gasteiger partial charge in [-0.1, -0.05) is 37.5 Å². The molecule has 0 aliphatic carbocycles. The van der Waals surface area contributed by atoms with Crippen LogP contribution in [0, 0.1) is 0 Å². The van der Waals surface area contributed by atoms with Crippen LogP contribution >= 0.6 is 11.3 Å². The van der Waals surface area contributed by atoms with Crippen LogP contribution in [0.3, 0.4) is 0 Å². The first-order valence-corrected chi connectivity index (χ1v) is 8.40. The van der Waals surface area contributed by atoms with Gasteiger partial charge in [0.05, 0.1) is 0 Å². The zero-order chi connectivity index (χ0) is 16.0. The highest BCUT2D eigenvalue weighted by Gasteiger charge is 2.20. The minimum Gasteiger partial charge on any atom is -0.382 e. The largest absolute Gasteiger partial charge is 0.382 e. The van der Waals surface area contributed by atoms with Gasteiger partial charge in [0.25, 0.3) is 5.91 Å². The molecule has 0 spiro atoms. The van der Waals surface area contributed by atoms with Gasteiger partial charge in [-0.25, -0.2) is 4.98 Å². The quantitative estimate of drug-likeness (QED) is 0.672. The molecule has 1 aromatic rings. The fourth-order valence-electron chi connectivity index (χ4n) is 1.93. The van der Waals surface area contributed by atoms with Crippen molar-refractivity contribution >= 4 is 28.2 Å². The Balaban J connectivity index is 2.62. The predicted octanol–water partition coefficient (Wildman–Crippen LogP) is 3.63. The lowest BCUT2D eigenvalue weighted by atomic mass is 10.1. The topological polar surface area (TPSA) is 80.0 Å². The van der Waals surface area contributed by atoms with Crippen molar-refractivity contribution in [3.8, 4) is 0 Å². The van der Waals surface area contributed by atoms with Crippen molar-refractivity contribution < 1.29 is 4.79 Å². The molecule has 1 unspecified atom stereocenters. The molecule has 0 aromatic carbocycles. The van der Waals surface area contributed by atoms with E-state index in [0.29, 0.717) is 15.8 Å². The number of carbonyl (C=O) groups excluding carboxylic acids is 1. The monoisotopic (exact) mass is 312 g/mol. The van der Waals surface area contributed by atoms with Crippen LogP contribution in [0.1, 0.15) is 70.0 Å². The second-order valence-electron chi connectivity index (χ2n) is 6.48. The number of anilines is 2. The molecule has 6 heteroatoms. The van der Waals surface area contributed by atoms with Crippen LogP contribution < -0.4 is 16.4 Å². The Hall–Kier alpha value is -1.30. The number of nitrogens with one attached hydrogen (secondary N) is 2. The number of amides is 1. The third-order valence-corrected chi connectivity index (χ3v) is 3.95. The Morgan fingerprint density at radius 2 is 2.05 bits per heavy atom. The number of thiazole rings is 1. The molecule has 4 N–H and O–H groups in total. The summed E-state index contributed by atoms with van der Waals surface area (Å²) in [6.45, 7) is 10.3. The number of aromatic nitrogens is 1. The zero-order valence-corrected chi connectivity index (χ0v) is 14.6. The second-order valence-corrected chi connectivity index (χ2v) is 7.48. The van der Waals surface area contributed by atoms with Crippen LogP contribution in [-0.2, 0) is 0 Å². The third kappa shape index (κ3) is 6.33. The second kappa shape index (κ2) is 7.64. The van der Waals surface area contributed by atoms with E-state index in [1.54, 1.807) is 0 Å². The molecule has 0 saturated heterocycles. The molecule has 120 valence electrons. The lowest BCUT2D eigenvalue weighted by Gasteiger charge is -2.19. The number of nitrogens with two attached hydrogens (primary N) is 1. The van der Waals surface area contributed by atoms with E-state index in [1.165, 1.54) is 24.2 Å². The number of hydrogen-bond donors (Lipinski definition) is 3. The third-order valence-electron chi connectivity index (χ3n) is 2.96.